The number of alkyl halides is 1. The summed E-state index contributed by atoms with van der Waals surface area (Å²) in [6.45, 7) is 9.55. The average molecular weight is 272 g/mol. The largest absolute Gasteiger partial charge is 0.294 e. The Labute approximate surface area is 116 Å². The van der Waals surface area contributed by atoms with E-state index in [2.05, 4.69) is 61.7 Å². The van der Waals surface area contributed by atoms with Gasteiger partial charge < -0.3 is 0 Å². The van der Waals surface area contributed by atoms with Gasteiger partial charge in [-0.3, -0.25) is 9.58 Å². The first kappa shape index (κ1) is 15.5. The predicted octanol–water partition coefficient (Wildman–Crippen LogP) is 3.69. The van der Waals surface area contributed by atoms with Crippen LogP contribution in [0.2, 0.25) is 0 Å². The van der Waals surface area contributed by atoms with Gasteiger partial charge in [0.05, 0.1) is 11.7 Å². The number of nitrogens with zero attached hydrogens (tertiary/aromatic N) is 3. The molecule has 0 aromatic carbocycles. The topological polar surface area (TPSA) is 21.1 Å². The van der Waals surface area contributed by atoms with Gasteiger partial charge in [-0.1, -0.05) is 13.8 Å². The lowest BCUT2D eigenvalue weighted by molar-refractivity contribution is 0.168. The summed E-state index contributed by atoms with van der Waals surface area (Å²) in [6.07, 6.45) is 4.34. The molecule has 0 bridgehead atoms. The van der Waals surface area contributed by atoms with Crippen molar-refractivity contribution < 1.29 is 0 Å². The summed E-state index contributed by atoms with van der Waals surface area (Å²) in [5.41, 5.74) is 1.11. The smallest absolute Gasteiger partial charge is 0.0764 e. The molecule has 1 aromatic rings. The normalized spacial score (nSPS) is 12.7. The van der Waals surface area contributed by atoms with E-state index in [9.17, 15) is 0 Å². The van der Waals surface area contributed by atoms with E-state index in [1.54, 1.807) is 0 Å². The second-order valence-corrected chi connectivity index (χ2v) is 5.83. The fraction of sp³-hybridized carbons (Fsp3) is 0.786. The zero-order valence-electron chi connectivity index (χ0n) is 12.3. The molecule has 18 heavy (non-hydrogen) atoms. The van der Waals surface area contributed by atoms with Crippen LogP contribution in [-0.4, -0.2) is 33.1 Å². The van der Waals surface area contributed by atoms with Gasteiger partial charge in [0, 0.05) is 24.2 Å². The summed E-state index contributed by atoms with van der Waals surface area (Å²) in [5.74, 6) is 0.622. The first-order valence-electron chi connectivity index (χ1n) is 6.75. The minimum absolute atomic E-state index is 0.000248. The second kappa shape index (κ2) is 6.58. The van der Waals surface area contributed by atoms with Crippen LogP contribution in [0.25, 0.3) is 0 Å². The molecule has 1 rings (SSSR count). The minimum Gasteiger partial charge on any atom is -0.294 e. The zero-order chi connectivity index (χ0) is 13.8. The first-order valence-corrected chi connectivity index (χ1v) is 7.29. The van der Waals surface area contributed by atoms with Crippen LogP contribution in [0, 0.1) is 0 Å². The van der Waals surface area contributed by atoms with Crippen molar-refractivity contribution in [1.29, 1.82) is 0 Å². The molecule has 0 aliphatic heterocycles. The summed E-state index contributed by atoms with van der Waals surface area (Å²) < 4.78 is 2.09. The molecule has 0 unspecified atom stereocenters. The Balaban J connectivity index is 2.70. The number of aromatic nitrogens is 2. The zero-order valence-corrected chi connectivity index (χ0v) is 13.0. The maximum atomic E-state index is 5.99. The van der Waals surface area contributed by atoms with Gasteiger partial charge in [0.15, 0.2) is 0 Å². The molecule has 0 spiro atoms. The fourth-order valence-corrected chi connectivity index (χ4v) is 2.09. The fourth-order valence-electron chi connectivity index (χ4n) is 1.89. The summed E-state index contributed by atoms with van der Waals surface area (Å²) in [4.78, 5) is 2.25. The number of hydrogen-bond acceptors (Lipinski definition) is 2. The molecule has 0 radical (unpaired) electrons. The highest BCUT2D eigenvalue weighted by molar-refractivity contribution is 6.18. The lowest BCUT2D eigenvalue weighted by Gasteiger charge is -2.33. The third-order valence-electron chi connectivity index (χ3n) is 3.74. The number of halogens is 1. The lowest BCUT2D eigenvalue weighted by Crippen LogP contribution is -2.42. The van der Waals surface area contributed by atoms with E-state index in [4.69, 9.17) is 11.6 Å². The molecular formula is C14H26ClN3. The summed E-state index contributed by atoms with van der Waals surface area (Å²) in [5, 5.41) is 4.67. The van der Waals surface area contributed by atoms with Crippen LogP contribution in [0.1, 0.15) is 52.3 Å². The highest BCUT2D eigenvalue weighted by atomic mass is 35.5. The van der Waals surface area contributed by atoms with Crippen LogP contribution in [0.3, 0.4) is 0 Å². The molecule has 104 valence electrons. The van der Waals surface area contributed by atoms with E-state index in [0.29, 0.717) is 11.9 Å². The van der Waals surface area contributed by atoms with Gasteiger partial charge in [-0.05, 0) is 39.8 Å². The number of rotatable bonds is 7. The van der Waals surface area contributed by atoms with Crippen LogP contribution in [-0.2, 0) is 6.54 Å². The highest BCUT2D eigenvalue weighted by Gasteiger charge is 2.23. The second-order valence-electron chi connectivity index (χ2n) is 5.56. The molecule has 3 nitrogen and oxygen atoms in total. The molecule has 0 atom stereocenters. The van der Waals surface area contributed by atoms with Gasteiger partial charge in [-0.25, -0.2) is 0 Å². The molecule has 1 aromatic heterocycles. The van der Waals surface area contributed by atoms with E-state index in [1.165, 1.54) is 0 Å². The van der Waals surface area contributed by atoms with Gasteiger partial charge in [0.1, 0.15) is 0 Å². The third kappa shape index (κ3) is 3.72. The van der Waals surface area contributed by atoms with E-state index in [0.717, 1.165) is 25.1 Å². The van der Waals surface area contributed by atoms with Gasteiger partial charge in [0.25, 0.3) is 0 Å². The van der Waals surface area contributed by atoms with Crippen molar-refractivity contribution in [3.8, 4) is 0 Å². The Hall–Kier alpha value is -0.540. The number of hydrogen-bond donors (Lipinski definition) is 0. The van der Waals surface area contributed by atoms with E-state index in [-0.39, 0.29) is 5.54 Å². The Bertz CT molecular complexity index is 356. The van der Waals surface area contributed by atoms with Crippen LogP contribution in [0.4, 0.5) is 0 Å². The summed E-state index contributed by atoms with van der Waals surface area (Å²) in [7, 11) is 2.10. The molecule has 1 heterocycles. The Morgan fingerprint density at radius 1 is 1.39 bits per heavy atom. The Morgan fingerprint density at radius 3 is 2.50 bits per heavy atom. The lowest BCUT2D eigenvalue weighted by atomic mass is 10.1. The van der Waals surface area contributed by atoms with Crippen LogP contribution in [0.5, 0.6) is 0 Å². The Kier molecular flexibility index (Phi) is 5.67. The van der Waals surface area contributed by atoms with Gasteiger partial charge in [-0.2, -0.15) is 5.10 Å². The molecule has 0 saturated carbocycles. The maximum absolute atomic E-state index is 5.99. The molecule has 0 amide bonds. The van der Waals surface area contributed by atoms with Crippen molar-refractivity contribution in [2.24, 2.45) is 0 Å². The third-order valence-corrected chi connectivity index (χ3v) is 4.39. The molecule has 0 N–H and O–H groups in total. The maximum Gasteiger partial charge on any atom is 0.0764 e. The van der Waals surface area contributed by atoms with Crippen molar-refractivity contribution in [2.75, 3.05) is 12.9 Å². The molecule has 0 saturated heterocycles. The standard InChI is InChI=1S/C14H26ClN3/c1-6-13(7-2)18-9-8-12(16-18)10-17(5)14(3,4)11-15/h8-9,13H,6-7,10-11H2,1-5H3. The average Bonchev–Trinajstić information content (AvgIpc) is 2.79. The monoisotopic (exact) mass is 271 g/mol. The molecule has 0 aliphatic carbocycles. The Morgan fingerprint density at radius 2 is 2.00 bits per heavy atom. The molecule has 0 aliphatic rings. The first-order chi connectivity index (χ1) is 8.44. The summed E-state index contributed by atoms with van der Waals surface area (Å²) >= 11 is 5.99. The van der Waals surface area contributed by atoms with Crippen molar-refractivity contribution in [2.45, 2.75) is 58.7 Å². The summed E-state index contributed by atoms with van der Waals surface area (Å²) in [6, 6.07) is 2.63. The highest BCUT2D eigenvalue weighted by Crippen LogP contribution is 2.18. The van der Waals surface area contributed by atoms with Gasteiger partial charge >= 0.3 is 0 Å². The predicted molar refractivity (Wildman–Crippen MR) is 78.1 cm³/mol. The van der Waals surface area contributed by atoms with E-state index < -0.39 is 0 Å². The minimum atomic E-state index is 0.000248. The van der Waals surface area contributed by atoms with Crippen LogP contribution >= 0.6 is 11.6 Å². The van der Waals surface area contributed by atoms with Crippen molar-refractivity contribution in [1.82, 2.24) is 14.7 Å². The molecule has 4 heteroatoms. The van der Waals surface area contributed by atoms with Crippen molar-refractivity contribution in [3.63, 3.8) is 0 Å². The van der Waals surface area contributed by atoms with Gasteiger partial charge in [-0.15, -0.1) is 11.6 Å². The van der Waals surface area contributed by atoms with E-state index in [1.807, 2.05) is 0 Å². The van der Waals surface area contributed by atoms with Crippen molar-refractivity contribution in [3.05, 3.63) is 18.0 Å². The van der Waals surface area contributed by atoms with E-state index >= 15 is 0 Å². The quantitative estimate of drug-likeness (QED) is 0.705. The van der Waals surface area contributed by atoms with Crippen LogP contribution < -0.4 is 0 Å². The van der Waals surface area contributed by atoms with Gasteiger partial charge in [0.2, 0.25) is 0 Å². The molecular weight excluding hydrogens is 246 g/mol. The van der Waals surface area contributed by atoms with Crippen molar-refractivity contribution >= 4 is 11.6 Å². The molecule has 0 fully saturated rings. The van der Waals surface area contributed by atoms with Crippen LogP contribution in [0.15, 0.2) is 12.3 Å². The SMILES string of the molecule is CCC(CC)n1ccc(CN(C)C(C)(C)CCl)n1.